The number of nitrogens with one attached hydrogen (secondary N) is 2. The minimum Gasteiger partial charge on any atom is -0.491 e. The summed E-state index contributed by atoms with van der Waals surface area (Å²) in [4.78, 5) is 4.73. The van der Waals surface area contributed by atoms with Crippen molar-refractivity contribution in [3.8, 4) is 5.75 Å². The molecule has 0 aromatic heterocycles. The van der Waals surface area contributed by atoms with Crippen molar-refractivity contribution in [2.45, 2.75) is 58.2 Å². The van der Waals surface area contributed by atoms with Gasteiger partial charge in [0, 0.05) is 32.1 Å². The smallest absolute Gasteiger partial charge is 0.195 e. The molecule has 1 unspecified atom stereocenters. The first-order valence-electron chi connectivity index (χ1n) is 10.7. The number of hydrogen-bond donors (Lipinski definition) is 2. The van der Waals surface area contributed by atoms with E-state index in [0.717, 1.165) is 68.9 Å². The molecule has 0 amide bonds. The van der Waals surface area contributed by atoms with Crippen molar-refractivity contribution < 1.29 is 14.2 Å². The number of rotatable bonds is 11. The molecule has 3 rings (SSSR count). The predicted octanol–water partition coefficient (Wildman–Crippen LogP) is 3.83. The van der Waals surface area contributed by atoms with E-state index in [1.54, 1.807) is 0 Å². The molecule has 0 spiro atoms. The Kier molecular flexibility index (Phi) is 8.42. The summed E-state index contributed by atoms with van der Waals surface area (Å²) >= 11 is 0. The van der Waals surface area contributed by atoms with Crippen LogP contribution in [0.3, 0.4) is 0 Å². The zero-order valence-corrected chi connectivity index (χ0v) is 17.3. The van der Waals surface area contributed by atoms with E-state index < -0.39 is 0 Å². The average Bonchev–Trinajstić information content (AvgIpc) is 3.35. The molecule has 1 aromatic carbocycles. The predicted molar refractivity (Wildman–Crippen MR) is 113 cm³/mol. The van der Waals surface area contributed by atoms with Crippen LogP contribution in [0.5, 0.6) is 5.75 Å². The Hall–Kier alpha value is -1.79. The van der Waals surface area contributed by atoms with E-state index in [9.17, 15) is 0 Å². The number of ether oxygens (including phenoxy) is 3. The van der Waals surface area contributed by atoms with Crippen LogP contribution >= 0.6 is 0 Å². The second kappa shape index (κ2) is 11.3. The molecule has 6 heteroatoms. The Morgan fingerprint density at radius 2 is 2.04 bits per heavy atom. The molecule has 1 aliphatic carbocycles. The Morgan fingerprint density at radius 3 is 2.71 bits per heavy atom. The van der Waals surface area contributed by atoms with E-state index >= 15 is 0 Å². The third-order valence-corrected chi connectivity index (χ3v) is 4.77. The van der Waals surface area contributed by atoms with Crippen LogP contribution in [0.2, 0.25) is 0 Å². The minimum atomic E-state index is 0.172. The van der Waals surface area contributed by atoms with E-state index in [-0.39, 0.29) is 12.2 Å². The van der Waals surface area contributed by atoms with Crippen molar-refractivity contribution in [3.63, 3.8) is 0 Å². The van der Waals surface area contributed by atoms with Crippen LogP contribution < -0.4 is 15.4 Å². The van der Waals surface area contributed by atoms with E-state index in [0.29, 0.717) is 6.54 Å². The van der Waals surface area contributed by atoms with Crippen LogP contribution in [-0.4, -0.2) is 51.1 Å². The second-order valence-electron chi connectivity index (χ2n) is 7.94. The molecule has 28 heavy (non-hydrogen) atoms. The Labute approximate surface area is 169 Å². The van der Waals surface area contributed by atoms with Crippen molar-refractivity contribution in [1.29, 1.82) is 0 Å². The van der Waals surface area contributed by atoms with Crippen LogP contribution in [0.15, 0.2) is 29.3 Å². The molecule has 1 aliphatic heterocycles. The lowest BCUT2D eigenvalue weighted by Gasteiger charge is -2.15. The maximum atomic E-state index is 5.71. The third kappa shape index (κ3) is 8.07. The van der Waals surface area contributed by atoms with Gasteiger partial charge in [0.1, 0.15) is 5.75 Å². The van der Waals surface area contributed by atoms with Gasteiger partial charge in [-0.15, -0.1) is 0 Å². The van der Waals surface area contributed by atoms with Gasteiger partial charge in [0.25, 0.3) is 0 Å². The first-order valence-corrected chi connectivity index (χ1v) is 10.7. The van der Waals surface area contributed by atoms with E-state index in [1.165, 1.54) is 12.8 Å². The second-order valence-corrected chi connectivity index (χ2v) is 7.94. The van der Waals surface area contributed by atoms with Gasteiger partial charge in [0.2, 0.25) is 0 Å². The molecule has 1 aromatic rings. The number of benzene rings is 1. The van der Waals surface area contributed by atoms with Gasteiger partial charge in [-0.1, -0.05) is 0 Å². The van der Waals surface area contributed by atoms with Gasteiger partial charge >= 0.3 is 0 Å². The SMILES string of the molecule is CC(C)Oc1ccc(NC(=NCC2CCCO2)NCCCOCC2CC2)cc1. The average molecular weight is 390 g/mol. The first kappa shape index (κ1) is 20.9. The standard InChI is InChI=1S/C22H35N3O3/c1-17(2)28-20-10-8-19(9-11-20)25-22(24-15-21-5-3-14-27-21)23-12-4-13-26-16-18-6-7-18/h8-11,17-18,21H,3-7,12-16H2,1-2H3,(H2,23,24,25). The molecule has 1 saturated carbocycles. The van der Waals surface area contributed by atoms with Gasteiger partial charge in [-0.05, 0) is 76.1 Å². The van der Waals surface area contributed by atoms with Gasteiger partial charge in [0.05, 0.1) is 18.8 Å². The minimum absolute atomic E-state index is 0.172. The van der Waals surface area contributed by atoms with Crippen molar-refractivity contribution in [2.75, 3.05) is 38.2 Å². The van der Waals surface area contributed by atoms with Crippen molar-refractivity contribution in [2.24, 2.45) is 10.9 Å². The summed E-state index contributed by atoms with van der Waals surface area (Å²) in [6, 6.07) is 7.98. The molecule has 0 radical (unpaired) electrons. The van der Waals surface area contributed by atoms with Crippen LogP contribution in [0.1, 0.15) is 46.0 Å². The highest BCUT2D eigenvalue weighted by Crippen LogP contribution is 2.28. The summed E-state index contributed by atoms with van der Waals surface area (Å²) in [7, 11) is 0. The van der Waals surface area contributed by atoms with Gasteiger partial charge in [-0.3, -0.25) is 4.99 Å². The summed E-state index contributed by atoms with van der Waals surface area (Å²) in [5.74, 6) is 2.48. The number of hydrogen-bond acceptors (Lipinski definition) is 4. The van der Waals surface area contributed by atoms with E-state index in [4.69, 9.17) is 19.2 Å². The number of anilines is 1. The Balaban J connectivity index is 1.46. The molecule has 1 atom stereocenters. The summed E-state index contributed by atoms with van der Waals surface area (Å²) in [5, 5.41) is 6.80. The Morgan fingerprint density at radius 1 is 1.21 bits per heavy atom. The van der Waals surface area contributed by atoms with Crippen molar-refractivity contribution in [3.05, 3.63) is 24.3 Å². The highest BCUT2D eigenvalue weighted by molar-refractivity contribution is 5.93. The maximum Gasteiger partial charge on any atom is 0.195 e. The van der Waals surface area contributed by atoms with Crippen molar-refractivity contribution in [1.82, 2.24) is 5.32 Å². The highest BCUT2D eigenvalue weighted by atomic mass is 16.5. The van der Waals surface area contributed by atoms with Crippen LogP contribution in [-0.2, 0) is 9.47 Å². The lowest BCUT2D eigenvalue weighted by Crippen LogP contribution is -2.33. The normalized spacial score (nSPS) is 19.8. The summed E-state index contributed by atoms with van der Waals surface area (Å²) in [5.41, 5.74) is 0.986. The zero-order valence-electron chi connectivity index (χ0n) is 17.3. The molecule has 156 valence electrons. The fraction of sp³-hybridized carbons (Fsp3) is 0.682. The zero-order chi connectivity index (χ0) is 19.6. The number of aliphatic imine (C=N–C) groups is 1. The third-order valence-electron chi connectivity index (χ3n) is 4.77. The quantitative estimate of drug-likeness (QED) is 0.342. The summed E-state index contributed by atoms with van der Waals surface area (Å²) in [6.07, 6.45) is 6.27. The highest BCUT2D eigenvalue weighted by Gasteiger charge is 2.20. The molecule has 1 heterocycles. The van der Waals surface area contributed by atoms with E-state index in [2.05, 4.69) is 10.6 Å². The molecule has 6 nitrogen and oxygen atoms in total. The fourth-order valence-electron chi connectivity index (χ4n) is 3.06. The monoisotopic (exact) mass is 389 g/mol. The molecule has 2 fully saturated rings. The Bertz CT molecular complexity index is 594. The van der Waals surface area contributed by atoms with Gasteiger partial charge < -0.3 is 24.8 Å². The lowest BCUT2D eigenvalue weighted by molar-refractivity contribution is 0.117. The molecular weight excluding hydrogens is 354 g/mol. The lowest BCUT2D eigenvalue weighted by atomic mass is 10.2. The van der Waals surface area contributed by atoms with Crippen LogP contribution in [0, 0.1) is 5.92 Å². The molecule has 2 aliphatic rings. The number of guanidine groups is 1. The van der Waals surface area contributed by atoms with Crippen LogP contribution in [0.25, 0.3) is 0 Å². The molecule has 2 N–H and O–H groups in total. The summed E-state index contributed by atoms with van der Waals surface area (Å²) < 4.78 is 17.1. The van der Waals surface area contributed by atoms with Gasteiger partial charge in [-0.2, -0.15) is 0 Å². The van der Waals surface area contributed by atoms with Gasteiger partial charge in [-0.25, -0.2) is 0 Å². The topological polar surface area (TPSA) is 64.1 Å². The number of nitrogens with zero attached hydrogens (tertiary/aromatic N) is 1. The van der Waals surface area contributed by atoms with Gasteiger partial charge in [0.15, 0.2) is 5.96 Å². The largest absolute Gasteiger partial charge is 0.491 e. The maximum absolute atomic E-state index is 5.71. The van der Waals surface area contributed by atoms with Crippen molar-refractivity contribution >= 4 is 11.6 Å². The fourth-order valence-corrected chi connectivity index (χ4v) is 3.06. The van der Waals surface area contributed by atoms with Crippen LogP contribution in [0.4, 0.5) is 5.69 Å². The first-order chi connectivity index (χ1) is 13.7. The van der Waals surface area contributed by atoms with E-state index in [1.807, 2.05) is 38.1 Å². The summed E-state index contributed by atoms with van der Waals surface area (Å²) in [6.45, 7) is 8.14. The molecule has 0 bridgehead atoms. The molecule has 1 saturated heterocycles. The molecular formula is C22H35N3O3.